The lowest BCUT2D eigenvalue weighted by Gasteiger charge is -2.05. The van der Waals surface area contributed by atoms with E-state index in [4.69, 9.17) is 14.0 Å². The van der Waals surface area contributed by atoms with Gasteiger partial charge in [-0.05, 0) is 48.5 Å². The maximum atomic E-state index is 12.8. The van der Waals surface area contributed by atoms with E-state index in [1.807, 2.05) is 24.3 Å². The molecule has 1 aromatic heterocycles. The number of nitrogens with zero attached hydrogens (tertiary/aromatic N) is 2. The standard InChI is InChI=1S/C17H12BrFN2O4/c18-12-3-1-11(2-4-12)17-20-15(25-21-17)9-24-16(22)10-23-14-7-5-13(19)6-8-14/h1-8H,9-10H2. The molecule has 3 rings (SSSR count). The van der Waals surface area contributed by atoms with Crippen LogP contribution in [0, 0.1) is 5.82 Å². The van der Waals surface area contributed by atoms with Gasteiger partial charge in [0.25, 0.3) is 5.89 Å². The van der Waals surface area contributed by atoms with Gasteiger partial charge in [0.2, 0.25) is 5.82 Å². The molecule has 0 aliphatic carbocycles. The molecule has 0 N–H and O–H groups in total. The molecule has 8 heteroatoms. The van der Waals surface area contributed by atoms with Crippen LogP contribution in [0.1, 0.15) is 5.89 Å². The van der Waals surface area contributed by atoms with Gasteiger partial charge in [-0.1, -0.05) is 21.1 Å². The Morgan fingerprint density at radius 3 is 2.56 bits per heavy atom. The van der Waals surface area contributed by atoms with Gasteiger partial charge in [-0.2, -0.15) is 4.98 Å². The summed E-state index contributed by atoms with van der Waals surface area (Å²) in [6.07, 6.45) is 0. The third-order valence-electron chi connectivity index (χ3n) is 3.10. The Hall–Kier alpha value is -2.74. The van der Waals surface area contributed by atoms with Crippen molar-refractivity contribution in [3.05, 3.63) is 64.7 Å². The van der Waals surface area contributed by atoms with Crippen LogP contribution in [-0.4, -0.2) is 22.7 Å². The normalized spacial score (nSPS) is 10.5. The maximum Gasteiger partial charge on any atom is 0.344 e. The van der Waals surface area contributed by atoms with E-state index in [9.17, 15) is 9.18 Å². The quantitative estimate of drug-likeness (QED) is 0.580. The van der Waals surface area contributed by atoms with Gasteiger partial charge >= 0.3 is 5.97 Å². The van der Waals surface area contributed by atoms with Crippen LogP contribution >= 0.6 is 15.9 Å². The third-order valence-corrected chi connectivity index (χ3v) is 3.63. The van der Waals surface area contributed by atoms with Gasteiger partial charge < -0.3 is 14.0 Å². The van der Waals surface area contributed by atoms with Gasteiger partial charge in [-0.3, -0.25) is 0 Å². The van der Waals surface area contributed by atoms with Crippen LogP contribution in [0.15, 0.2) is 57.5 Å². The molecule has 6 nitrogen and oxygen atoms in total. The molecule has 1 heterocycles. The van der Waals surface area contributed by atoms with Gasteiger partial charge in [0.15, 0.2) is 13.2 Å². The fourth-order valence-electron chi connectivity index (χ4n) is 1.89. The molecule has 25 heavy (non-hydrogen) atoms. The van der Waals surface area contributed by atoms with Crippen LogP contribution in [0.2, 0.25) is 0 Å². The van der Waals surface area contributed by atoms with Crippen molar-refractivity contribution in [2.24, 2.45) is 0 Å². The van der Waals surface area contributed by atoms with E-state index < -0.39 is 5.97 Å². The van der Waals surface area contributed by atoms with E-state index in [1.165, 1.54) is 24.3 Å². The highest BCUT2D eigenvalue weighted by molar-refractivity contribution is 9.10. The fraction of sp³-hybridized carbons (Fsp3) is 0.118. The Morgan fingerprint density at radius 1 is 1.12 bits per heavy atom. The topological polar surface area (TPSA) is 74.5 Å². The molecule has 0 unspecified atom stereocenters. The molecule has 0 radical (unpaired) electrons. The molecule has 0 amide bonds. The van der Waals surface area contributed by atoms with Crippen molar-refractivity contribution in [1.29, 1.82) is 0 Å². The van der Waals surface area contributed by atoms with E-state index in [2.05, 4.69) is 26.1 Å². The van der Waals surface area contributed by atoms with E-state index in [0.29, 0.717) is 11.6 Å². The lowest BCUT2D eigenvalue weighted by molar-refractivity contribution is -0.148. The zero-order chi connectivity index (χ0) is 17.6. The molecule has 0 saturated carbocycles. The molecular weight excluding hydrogens is 395 g/mol. The summed E-state index contributed by atoms with van der Waals surface area (Å²) < 4.78 is 28.9. The second-order valence-electron chi connectivity index (χ2n) is 4.92. The van der Waals surface area contributed by atoms with Crippen LogP contribution in [0.3, 0.4) is 0 Å². The SMILES string of the molecule is O=C(COc1ccc(F)cc1)OCc1nc(-c2ccc(Br)cc2)no1. The highest BCUT2D eigenvalue weighted by atomic mass is 79.9. The average Bonchev–Trinajstić information content (AvgIpc) is 3.09. The molecule has 128 valence electrons. The first-order valence-corrected chi connectivity index (χ1v) is 8.02. The largest absolute Gasteiger partial charge is 0.482 e. The van der Waals surface area contributed by atoms with Crippen LogP contribution in [0.5, 0.6) is 5.75 Å². The first-order valence-electron chi connectivity index (χ1n) is 7.23. The minimum atomic E-state index is -0.604. The highest BCUT2D eigenvalue weighted by Gasteiger charge is 2.11. The molecule has 0 aliphatic rings. The average molecular weight is 407 g/mol. The summed E-state index contributed by atoms with van der Waals surface area (Å²) in [5, 5.41) is 3.84. The molecule has 0 saturated heterocycles. The maximum absolute atomic E-state index is 12.8. The number of benzene rings is 2. The summed E-state index contributed by atoms with van der Waals surface area (Å²) in [4.78, 5) is 15.8. The number of aromatic nitrogens is 2. The Morgan fingerprint density at radius 2 is 1.84 bits per heavy atom. The van der Waals surface area contributed by atoms with E-state index in [0.717, 1.165) is 10.0 Å². The number of hydrogen-bond acceptors (Lipinski definition) is 6. The second-order valence-corrected chi connectivity index (χ2v) is 5.84. The van der Waals surface area contributed by atoms with Crippen molar-refractivity contribution in [1.82, 2.24) is 10.1 Å². The van der Waals surface area contributed by atoms with Crippen LogP contribution in [0.4, 0.5) is 4.39 Å². The van der Waals surface area contributed by atoms with Crippen LogP contribution < -0.4 is 4.74 Å². The number of halogens is 2. The molecule has 0 atom stereocenters. The molecule has 0 fully saturated rings. The van der Waals surface area contributed by atoms with E-state index >= 15 is 0 Å². The summed E-state index contributed by atoms with van der Waals surface area (Å²) >= 11 is 3.35. The van der Waals surface area contributed by atoms with Crippen molar-refractivity contribution in [2.45, 2.75) is 6.61 Å². The highest BCUT2D eigenvalue weighted by Crippen LogP contribution is 2.19. The third kappa shape index (κ3) is 4.87. The van der Waals surface area contributed by atoms with E-state index in [-0.39, 0.29) is 24.9 Å². The minimum absolute atomic E-state index is 0.158. The van der Waals surface area contributed by atoms with Crippen LogP contribution in [0.25, 0.3) is 11.4 Å². The molecule has 2 aromatic carbocycles. The number of carbonyl (C=O) groups is 1. The Balaban J connectivity index is 1.49. The number of carbonyl (C=O) groups excluding carboxylic acids is 1. The summed E-state index contributed by atoms with van der Waals surface area (Å²) in [6.45, 7) is -0.464. The number of hydrogen-bond donors (Lipinski definition) is 0. The molecule has 0 spiro atoms. The molecule has 0 bridgehead atoms. The van der Waals surface area contributed by atoms with Crippen molar-refractivity contribution in [3.8, 4) is 17.1 Å². The van der Waals surface area contributed by atoms with Crippen molar-refractivity contribution in [2.75, 3.05) is 6.61 Å². The van der Waals surface area contributed by atoms with Crippen molar-refractivity contribution < 1.29 is 23.2 Å². The Labute approximate surface area is 150 Å². The molecule has 3 aromatic rings. The van der Waals surface area contributed by atoms with Gasteiger partial charge in [0, 0.05) is 10.0 Å². The first kappa shape index (κ1) is 17.1. The van der Waals surface area contributed by atoms with Crippen molar-refractivity contribution >= 4 is 21.9 Å². The smallest absolute Gasteiger partial charge is 0.344 e. The number of rotatable bonds is 6. The zero-order valence-corrected chi connectivity index (χ0v) is 14.4. The zero-order valence-electron chi connectivity index (χ0n) is 12.8. The lowest BCUT2D eigenvalue weighted by atomic mass is 10.2. The summed E-state index contributed by atoms with van der Waals surface area (Å²) in [7, 11) is 0. The monoisotopic (exact) mass is 406 g/mol. The second kappa shape index (κ2) is 7.89. The van der Waals surface area contributed by atoms with Crippen molar-refractivity contribution in [3.63, 3.8) is 0 Å². The predicted molar refractivity (Wildman–Crippen MR) is 89.1 cm³/mol. The molecular formula is C17H12BrFN2O4. The Kier molecular flexibility index (Phi) is 5.39. The summed E-state index contributed by atoms with van der Waals surface area (Å²) in [6, 6.07) is 12.7. The number of ether oxygens (including phenoxy) is 2. The van der Waals surface area contributed by atoms with Gasteiger partial charge in [0.1, 0.15) is 11.6 Å². The first-order chi connectivity index (χ1) is 12.1. The van der Waals surface area contributed by atoms with Gasteiger partial charge in [-0.15, -0.1) is 0 Å². The van der Waals surface area contributed by atoms with Crippen LogP contribution in [-0.2, 0) is 16.1 Å². The fourth-order valence-corrected chi connectivity index (χ4v) is 2.15. The minimum Gasteiger partial charge on any atom is -0.482 e. The van der Waals surface area contributed by atoms with Gasteiger partial charge in [0.05, 0.1) is 0 Å². The summed E-state index contributed by atoms with van der Waals surface area (Å²) in [5.74, 6) is -0.0385. The Bertz CT molecular complexity index is 850. The summed E-state index contributed by atoms with van der Waals surface area (Å²) in [5.41, 5.74) is 0.782. The van der Waals surface area contributed by atoms with Gasteiger partial charge in [-0.25, -0.2) is 9.18 Å². The van der Waals surface area contributed by atoms with E-state index in [1.54, 1.807) is 0 Å². The predicted octanol–water partition coefficient (Wildman–Crippen LogP) is 3.76. The molecule has 0 aliphatic heterocycles. The lowest BCUT2D eigenvalue weighted by Crippen LogP contribution is -2.14. The number of esters is 1.